The summed E-state index contributed by atoms with van der Waals surface area (Å²) in [6, 6.07) is 0. The number of hydrogen-bond acceptors (Lipinski definition) is 5. The highest BCUT2D eigenvalue weighted by molar-refractivity contribution is 4.91. The van der Waals surface area contributed by atoms with E-state index in [4.69, 9.17) is 9.47 Å². The summed E-state index contributed by atoms with van der Waals surface area (Å²) in [7, 11) is 0. The number of hydrogen-bond donors (Lipinski definition) is 2. The van der Waals surface area contributed by atoms with Crippen molar-refractivity contribution in [3.63, 3.8) is 0 Å². The first-order chi connectivity index (χ1) is 10.6. The summed E-state index contributed by atoms with van der Waals surface area (Å²) in [5, 5.41) is 9.35. The van der Waals surface area contributed by atoms with Crippen LogP contribution in [-0.4, -0.2) is 40.1 Å². The molecule has 1 saturated heterocycles. The van der Waals surface area contributed by atoms with E-state index in [-0.39, 0.29) is 12.7 Å². The molecule has 1 unspecified atom stereocenters. The molecule has 1 aromatic heterocycles. The molecule has 0 amide bonds. The average molecular weight is 316 g/mol. The van der Waals surface area contributed by atoms with Crippen LogP contribution in [0, 0.1) is 5.82 Å². The number of unbranched alkanes of at least 4 members (excludes halogenated alkanes) is 2. The minimum atomic E-state index is -1.06. The number of halogens is 1. The zero-order valence-corrected chi connectivity index (χ0v) is 12.5. The van der Waals surface area contributed by atoms with Crippen molar-refractivity contribution in [1.82, 2.24) is 9.55 Å². The smallest absolute Gasteiger partial charge is 0.330 e. The Morgan fingerprint density at radius 1 is 1.50 bits per heavy atom. The fourth-order valence-electron chi connectivity index (χ4n) is 2.47. The van der Waals surface area contributed by atoms with E-state index < -0.39 is 29.4 Å². The van der Waals surface area contributed by atoms with E-state index in [1.807, 2.05) is 4.98 Å². The van der Waals surface area contributed by atoms with Gasteiger partial charge in [-0.1, -0.05) is 19.8 Å². The molecule has 0 saturated carbocycles. The van der Waals surface area contributed by atoms with Gasteiger partial charge in [-0.2, -0.15) is 4.39 Å². The van der Waals surface area contributed by atoms with Gasteiger partial charge in [-0.05, 0) is 6.42 Å². The van der Waals surface area contributed by atoms with Crippen LogP contribution in [0.15, 0.2) is 15.8 Å². The second-order valence-electron chi connectivity index (χ2n) is 5.31. The fourth-order valence-corrected chi connectivity index (χ4v) is 2.47. The van der Waals surface area contributed by atoms with Gasteiger partial charge < -0.3 is 14.6 Å². The van der Waals surface area contributed by atoms with Gasteiger partial charge in [0.25, 0.3) is 5.56 Å². The van der Waals surface area contributed by atoms with Crippen LogP contribution in [0.4, 0.5) is 4.39 Å². The summed E-state index contributed by atoms with van der Waals surface area (Å²) in [6.45, 7) is 2.37. The molecule has 3 atom stereocenters. The van der Waals surface area contributed by atoms with Crippen LogP contribution in [-0.2, 0) is 9.47 Å². The third-order valence-corrected chi connectivity index (χ3v) is 3.67. The molecular formula is C14H21FN2O5. The number of aromatic nitrogens is 2. The molecule has 0 bridgehead atoms. The highest BCUT2D eigenvalue weighted by Gasteiger charge is 2.37. The van der Waals surface area contributed by atoms with Crippen LogP contribution in [0.25, 0.3) is 0 Å². The van der Waals surface area contributed by atoms with Crippen molar-refractivity contribution < 1.29 is 19.0 Å². The summed E-state index contributed by atoms with van der Waals surface area (Å²) in [4.78, 5) is 24.7. The first kappa shape index (κ1) is 16.9. The molecule has 0 aliphatic carbocycles. The summed E-state index contributed by atoms with van der Waals surface area (Å²) in [5.74, 6) is -1.06. The molecule has 2 heterocycles. The summed E-state index contributed by atoms with van der Waals surface area (Å²) >= 11 is 0. The van der Waals surface area contributed by atoms with Crippen LogP contribution < -0.4 is 11.2 Å². The van der Waals surface area contributed by atoms with Gasteiger partial charge in [-0.3, -0.25) is 14.3 Å². The molecular weight excluding hydrogens is 295 g/mol. The molecule has 124 valence electrons. The maximum absolute atomic E-state index is 13.3. The number of nitrogens with zero attached hydrogens (tertiary/aromatic N) is 1. The van der Waals surface area contributed by atoms with Gasteiger partial charge in [0.05, 0.1) is 18.9 Å². The largest absolute Gasteiger partial charge is 0.394 e. The van der Waals surface area contributed by atoms with Crippen molar-refractivity contribution in [2.45, 2.75) is 51.0 Å². The van der Waals surface area contributed by atoms with Gasteiger partial charge in [0.15, 0.2) is 0 Å². The minimum Gasteiger partial charge on any atom is -0.394 e. The first-order valence-electron chi connectivity index (χ1n) is 7.45. The van der Waals surface area contributed by atoms with Crippen LogP contribution in [0.5, 0.6) is 0 Å². The fraction of sp³-hybridized carbons (Fsp3) is 0.714. The number of nitrogens with one attached hydrogen (secondary N) is 1. The number of rotatable bonds is 7. The van der Waals surface area contributed by atoms with Crippen molar-refractivity contribution in [3.05, 3.63) is 32.9 Å². The van der Waals surface area contributed by atoms with E-state index in [1.54, 1.807) is 0 Å². The quantitative estimate of drug-likeness (QED) is 0.716. The van der Waals surface area contributed by atoms with Crippen LogP contribution in [0.3, 0.4) is 0 Å². The lowest BCUT2D eigenvalue weighted by Crippen LogP contribution is -2.34. The second kappa shape index (κ2) is 7.66. The Morgan fingerprint density at radius 2 is 2.27 bits per heavy atom. The average Bonchev–Trinajstić information content (AvgIpc) is 2.90. The number of aromatic amines is 1. The van der Waals surface area contributed by atoms with Crippen molar-refractivity contribution in [2.24, 2.45) is 0 Å². The minimum absolute atomic E-state index is 0.254. The van der Waals surface area contributed by atoms with E-state index in [0.717, 1.165) is 30.0 Å². The Kier molecular flexibility index (Phi) is 5.87. The molecule has 0 spiro atoms. The van der Waals surface area contributed by atoms with E-state index in [0.29, 0.717) is 13.0 Å². The Morgan fingerprint density at radius 3 is 2.95 bits per heavy atom. The molecule has 2 rings (SSSR count). The van der Waals surface area contributed by atoms with Crippen molar-refractivity contribution in [1.29, 1.82) is 0 Å². The molecule has 7 nitrogen and oxygen atoms in total. The number of ether oxygens (including phenoxy) is 2. The Labute approximate surface area is 126 Å². The lowest BCUT2D eigenvalue weighted by Gasteiger charge is -2.16. The summed E-state index contributed by atoms with van der Waals surface area (Å²) in [6.07, 6.45) is 2.44. The molecule has 22 heavy (non-hydrogen) atoms. The molecule has 1 aliphatic heterocycles. The summed E-state index contributed by atoms with van der Waals surface area (Å²) in [5.41, 5.74) is -1.81. The maximum Gasteiger partial charge on any atom is 0.330 e. The number of aliphatic hydroxyl groups excluding tert-OH is 1. The monoisotopic (exact) mass is 316 g/mol. The van der Waals surface area contributed by atoms with Gasteiger partial charge in [-0.15, -0.1) is 0 Å². The van der Waals surface area contributed by atoms with Gasteiger partial charge >= 0.3 is 5.69 Å². The van der Waals surface area contributed by atoms with Crippen LogP contribution in [0.1, 0.15) is 38.8 Å². The predicted molar refractivity (Wildman–Crippen MR) is 76.2 cm³/mol. The maximum atomic E-state index is 13.3. The molecule has 1 fully saturated rings. The highest BCUT2D eigenvalue weighted by Crippen LogP contribution is 2.29. The van der Waals surface area contributed by atoms with E-state index in [2.05, 4.69) is 6.92 Å². The van der Waals surface area contributed by atoms with Gasteiger partial charge in [0, 0.05) is 13.0 Å². The standard InChI is InChI=1S/C14H21FN2O5/c1-2-3-4-5-21-10-6-12(22-11(10)8-18)17-7-9(15)13(19)16-14(17)20/h7,10-12,18H,2-6,8H2,1H3,(H,16,19,20)/t10?,11-,12-/m0/s1. The zero-order valence-electron chi connectivity index (χ0n) is 12.5. The lowest BCUT2D eigenvalue weighted by molar-refractivity contribution is -0.0627. The zero-order chi connectivity index (χ0) is 16.1. The SMILES string of the molecule is CCCCCOC1C[C@@H](n2cc(F)c(=O)[nH]c2=O)O[C@H]1CO. The molecule has 2 N–H and O–H groups in total. The first-order valence-corrected chi connectivity index (χ1v) is 7.45. The molecule has 8 heteroatoms. The van der Waals surface area contributed by atoms with E-state index in [1.165, 1.54) is 0 Å². The summed E-state index contributed by atoms with van der Waals surface area (Å²) < 4.78 is 25.5. The highest BCUT2D eigenvalue weighted by atomic mass is 19.1. The Bertz CT molecular complexity index is 600. The van der Waals surface area contributed by atoms with E-state index >= 15 is 0 Å². The topological polar surface area (TPSA) is 93.6 Å². The molecule has 1 aromatic rings. The molecule has 0 radical (unpaired) electrons. The third-order valence-electron chi connectivity index (χ3n) is 3.67. The predicted octanol–water partition coefficient (Wildman–Crippen LogP) is 0.531. The van der Waals surface area contributed by atoms with Crippen LogP contribution in [0.2, 0.25) is 0 Å². The van der Waals surface area contributed by atoms with Gasteiger partial charge in [0.2, 0.25) is 5.82 Å². The van der Waals surface area contributed by atoms with Gasteiger partial charge in [0.1, 0.15) is 12.3 Å². The lowest BCUT2D eigenvalue weighted by atomic mass is 10.2. The third kappa shape index (κ3) is 3.82. The van der Waals surface area contributed by atoms with Crippen LogP contribution >= 0.6 is 0 Å². The molecule has 1 aliphatic rings. The normalized spacial score (nSPS) is 24.8. The second-order valence-corrected chi connectivity index (χ2v) is 5.31. The molecule has 0 aromatic carbocycles. The number of H-pyrrole nitrogens is 1. The van der Waals surface area contributed by atoms with Crippen molar-refractivity contribution in [2.75, 3.05) is 13.2 Å². The Hall–Kier alpha value is -1.51. The van der Waals surface area contributed by atoms with Crippen molar-refractivity contribution >= 4 is 0 Å². The van der Waals surface area contributed by atoms with Gasteiger partial charge in [-0.25, -0.2) is 4.79 Å². The number of aliphatic hydroxyl groups is 1. The Balaban J connectivity index is 2.06. The van der Waals surface area contributed by atoms with E-state index in [9.17, 15) is 19.1 Å². The van der Waals surface area contributed by atoms with Crippen molar-refractivity contribution in [3.8, 4) is 0 Å².